The molecule has 20 heavy (non-hydrogen) atoms. The molecule has 1 aromatic heterocycles. The first kappa shape index (κ1) is 14.4. The fourth-order valence-electron chi connectivity index (χ4n) is 1.67. The Morgan fingerprint density at radius 3 is 2.80 bits per heavy atom. The number of aryl methyl sites for hydroxylation is 1. The smallest absolute Gasteiger partial charge is 0.248 e. The summed E-state index contributed by atoms with van der Waals surface area (Å²) < 4.78 is 11.1. The van der Waals surface area contributed by atoms with Crippen molar-refractivity contribution in [2.45, 2.75) is 6.92 Å². The van der Waals surface area contributed by atoms with Gasteiger partial charge in [0.25, 0.3) is 0 Å². The van der Waals surface area contributed by atoms with E-state index < -0.39 is 0 Å². The highest BCUT2D eigenvalue weighted by Gasteiger charge is 2.05. The summed E-state index contributed by atoms with van der Waals surface area (Å²) in [6.07, 6.45) is 3.01. The van der Waals surface area contributed by atoms with Crippen molar-refractivity contribution in [3.05, 3.63) is 52.4 Å². The summed E-state index contributed by atoms with van der Waals surface area (Å²) in [6.45, 7) is 1.95. The third-order valence-electron chi connectivity index (χ3n) is 2.61. The summed E-state index contributed by atoms with van der Waals surface area (Å²) >= 11 is 3.20. The molecule has 0 unspecified atom stereocenters. The van der Waals surface area contributed by atoms with Crippen LogP contribution in [0.4, 0.5) is 5.69 Å². The molecular weight excluding hydrogens is 322 g/mol. The van der Waals surface area contributed by atoms with E-state index >= 15 is 0 Å². The van der Waals surface area contributed by atoms with Crippen LogP contribution >= 0.6 is 15.9 Å². The van der Waals surface area contributed by atoms with Gasteiger partial charge in [-0.25, -0.2) is 0 Å². The van der Waals surface area contributed by atoms with Crippen molar-refractivity contribution in [3.63, 3.8) is 0 Å². The summed E-state index contributed by atoms with van der Waals surface area (Å²) in [5.41, 5.74) is 1.68. The lowest BCUT2D eigenvalue weighted by Gasteiger charge is -2.09. The molecule has 104 valence electrons. The molecule has 1 amide bonds. The number of anilines is 1. The number of halogens is 1. The van der Waals surface area contributed by atoms with Crippen molar-refractivity contribution >= 4 is 33.6 Å². The van der Waals surface area contributed by atoms with Gasteiger partial charge in [-0.1, -0.05) is 6.07 Å². The van der Waals surface area contributed by atoms with Crippen LogP contribution in [-0.2, 0) is 4.79 Å². The van der Waals surface area contributed by atoms with Crippen LogP contribution in [-0.4, -0.2) is 13.0 Å². The topological polar surface area (TPSA) is 51.5 Å². The molecule has 0 spiro atoms. The van der Waals surface area contributed by atoms with Gasteiger partial charge in [-0.3, -0.25) is 4.79 Å². The van der Waals surface area contributed by atoms with Crippen molar-refractivity contribution in [2.75, 3.05) is 12.4 Å². The molecule has 2 aromatic rings. The second-order valence-corrected chi connectivity index (χ2v) is 4.95. The molecule has 0 aliphatic heterocycles. The molecule has 2 rings (SSSR count). The standard InChI is InChI=1S/C15H14BrNO3/c1-10-3-6-13(19-2)12(9-10)17-15(18)8-5-11-4-7-14(16)20-11/h3-9H,1-2H3,(H,17,18)/b8-5+. The molecule has 0 aliphatic carbocycles. The molecule has 4 nitrogen and oxygen atoms in total. The number of rotatable bonds is 4. The number of methoxy groups -OCH3 is 1. The molecule has 0 fully saturated rings. The van der Waals surface area contributed by atoms with Crippen molar-refractivity contribution in [1.82, 2.24) is 0 Å². The second-order valence-electron chi connectivity index (χ2n) is 4.17. The molecule has 1 N–H and O–H groups in total. The summed E-state index contributed by atoms with van der Waals surface area (Å²) in [5.74, 6) is 0.975. The quantitative estimate of drug-likeness (QED) is 0.859. The Bertz CT molecular complexity index is 646. The van der Waals surface area contributed by atoms with Gasteiger partial charge in [-0.15, -0.1) is 0 Å². The highest BCUT2D eigenvalue weighted by atomic mass is 79.9. The number of nitrogens with one attached hydrogen (secondary N) is 1. The highest BCUT2D eigenvalue weighted by Crippen LogP contribution is 2.25. The van der Waals surface area contributed by atoms with E-state index in [-0.39, 0.29) is 5.91 Å². The van der Waals surface area contributed by atoms with Gasteiger partial charge < -0.3 is 14.5 Å². The Morgan fingerprint density at radius 2 is 2.15 bits per heavy atom. The third-order valence-corrected chi connectivity index (χ3v) is 3.03. The van der Waals surface area contributed by atoms with Crippen molar-refractivity contribution in [2.24, 2.45) is 0 Å². The SMILES string of the molecule is COc1ccc(C)cc1NC(=O)/C=C/c1ccc(Br)o1. The fraction of sp³-hybridized carbons (Fsp3) is 0.133. The summed E-state index contributed by atoms with van der Waals surface area (Å²) in [6, 6.07) is 9.12. The van der Waals surface area contributed by atoms with Gasteiger partial charge in [0.05, 0.1) is 12.8 Å². The predicted molar refractivity (Wildman–Crippen MR) is 81.8 cm³/mol. The van der Waals surface area contributed by atoms with Crippen LogP contribution in [0.1, 0.15) is 11.3 Å². The first-order chi connectivity index (χ1) is 9.58. The first-order valence-electron chi connectivity index (χ1n) is 5.97. The van der Waals surface area contributed by atoms with E-state index in [0.29, 0.717) is 21.9 Å². The minimum absolute atomic E-state index is 0.249. The number of hydrogen-bond acceptors (Lipinski definition) is 3. The van der Waals surface area contributed by atoms with Gasteiger partial charge in [0.1, 0.15) is 11.5 Å². The number of hydrogen-bond donors (Lipinski definition) is 1. The summed E-state index contributed by atoms with van der Waals surface area (Å²) in [5, 5.41) is 2.78. The maximum atomic E-state index is 11.9. The average Bonchev–Trinajstić information content (AvgIpc) is 2.83. The lowest BCUT2D eigenvalue weighted by Crippen LogP contribution is -2.09. The second kappa shape index (κ2) is 6.43. The molecule has 1 aromatic carbocycles. The highest BCUT2D eigenvalue weighted by molar-refractivity contribution is 9.10. The number of benzene rings is 1. The van der Waals surface area contributed by atoms with Gasteiger partial charge in [-0.05, 0) is 58.8 Å². The minimum Gasteiger partial charge on any atom is -0.495 e. The van der Waals surface area contributed by atoms with Crippen LogP contribution < -0.4 is 10.1 Å². The molecule has 0 bridgehead atoms. The van der Waals surface area contributed by atoms with Gasteiger partial charge in [0, 0.05) is 6.08 Å². The number of ether oxygens (including phenoxy) is 1. The van der Waals surface area contributed by atoms with Crippen molar-refractivity contribution < 1.29 is 13.9 Å². The predicted octanol–water partition coefficient (Wildman–Crippen LogP) is 4.01. The van der Waals surface area contributed by atoms with E-state index in [4.69, 9.17) is 9.15 Å². The van der Waals surface area contributed by atoms with E-state index in [1.807, 2.05) is 25.1 Å². The molecule has 0 radical (unpaired) electrons. The largest absolute Gasteiger partial charge is 0.495 e. The number of carbonyl (C=O) groups excluding carboxylic acids is 1. The molecule has 0 saturated carbocycles. The zero-order valence-electron chi connectivity index (χ0n) is 11.1. The van der Waals surface area contributed by atoms with Crippen molar-refractivity contribution in [1.29, 1.82) is 0 Å². The van der Waals surface area contributed by atoms with Gasteiger partial charge >= 0.3 is 0 Å². The normalized spacial score (nSPS) is 10.8. The number of amides is 1. The molecule has 0 aliphatic rings. The van der Waals surface area contributed by atoms with Crippen molar-refractivity contribution in [3.8, 4) is 5.75 Å². The first-order valence-corrected chi connectivity index (χ1v) is 6.77. The van der Waals surface area contributed by atoms with E-state index in [1.165, 1.54) is 6.08 Å². The van der Waals surface area contributed by atoms with Gasteiger partial charge in [0.15, 0.2) is 4.67 Å². The van der Waals surface area contributed by atoms with E-state index in [9.17, 15) is 4.79 Å². The maximum absolute atomic E-state index is 11.9. The van der Waals surface area contributed by atoms with Crippen LogP contribution in [0.25, 0.3) is 6.08 Å². The van der Waals surface area contributed by atoms with E-state index in [1.54, 1.807) is 25.3 Å². The molecule has 0 atom stereocenters. The van der Waals surface area contributed by atoms with E-state index in [2.05, 4.69) is 21.2 Å². The van der Waals surface area contributed by atoms with Crippen LogP contribution in [0, 0.1) is 6.92 Å². The van der Waals surface area contributed by atoms with Crippen LogP contribution in [0.5, 0.6) is 5.75 Å². The van der Waals surface area contributed by atoms with Gasteiger partial charge in [-0.2, -0.15) is 0 Å². The van der Waals surface area contributed by atoms with E-state index in [0.717, 1.165) is 5.56 Å². The Labute approximate surface area is 125 Å². The Morgan fingerprint density at radius 1 is 1.35 bits per heavy atom. The number of carbonyl (C=O) groups is 1. The lowest BCUT2D eigenvalue weighted by molar-refractivity contribution is -0.111. The van der Waals surface area contributed by atoms with Gasteiger partial charge in [0.2, 0.25) is 5.91 Å². The zero-order chi connectivity index (χ0) is 14.5. The molecule has 1 heterocycles. The lowest BCUT2D eigenvalue weighted by atomic mass is 10.2. The minimum atomic E-state index is -0.249. The van der Waals surface area contributed by atoms with Crippen LogP contribution in [0.15, 0.2) is 45.5 Å². The Kier molecular flexibility index (Phi) is 4.63. The number of furan rings is 1. The molecule has 5 heteroatoms. The average molecular weight is 336 g/mol. The maximum Gasteiger partial charge on any atom is 0.248 e. The molecular formula is C15H14BrNO3. The zero-order valence-corrected chi connectivity index (χ0v) is 12.7. The van der Waals surface area contributed by atoms with Crippen LogP contribution in [0.2, 0.25) is 0 Å². The summed E-state index contributed by atoms with van der Waals surface area (Å²) in [4.78, 5) is 11.9. The monoisotopic (exact) mass is 335 g/mol. The molecule has 0 saturated heterocycles. The van der Waals surface area contributed by atoms with Crippen LogP contribution in [0.3, 0.4) is 0 Å². The Hall–Kier alpha value is -2.01. The third kappa shape index (κ3) is 3.74. The fourth-order valence-corrected chi connectivity index (χ4v) is 1.99. The summed E-state index contributed by atoms with van der Waals surface area (Å²) in [7, 11) is 1.57. The Balaban J connectivity index is 2.08.